The first-order chi connectivity index (χ1) is 7.20. The summed E-state index contributed by atoms with van der Waals surface area (Å²) >= 11 is 5.17. The largest absolute Gasteiger partial charge is 0.344 e. The lowest BCUT2D eigenvalue weighted by molar-refractivity contribution is 0.796. The predicted octanol–water partition coefficient (Wildman–Crippen LogP) is 2.93. The van der Waals surface area contributed by atoms with E-state index in [1.807, 2.05) is 20.0 Å². The highest BCUT2D eigenvalue weighted by Crippen LogP contribution is 2.32. The van der Waals surface area contributed by atoms with E-state index in [1.165, 1.54) is 4.88 Å². The maximum absolute atomic E-state index is 4.51. The molecule has 0 saturated carbocycles. The molecule has 0 aromatic carbocycles. The van der Waals surface area contributed by atoms with Crippen LogP contribution in [-0.2, 0) is 6.54 Å². The molecule has 15 heavy (non-hydrogen) atoms. The fraction of sp³-hybridized carbons (Fsp3) is 0.300. The van der Waals surface area contributed by atoms with Crippen LogP contribution in [0.3, 0.4) is 0 Å². The number of rotatable bonds is 3. The van der Waals surface area contributed by atoms with Crippen molar-refractivity contribution in [2.45, 2.75) is 13.5 Å². The average Bonchev–Trinajstić information content (AvgIpc) is 2.73. The zero-order valence-corrected chi connectivity index (χ0v) is 11.0. The van der Waals surface area contributed by atoms with Crippen LogP contribution in [0.5, 0.6) is 0 Å². The Hall–Kier alpha value is -0.650. The van der Waals surface area contributed by atoms with Gasteiger partial charge < -0.3 is 10.3 Å². The second kappa shape index (κ2) is 4.47. The van der Waals surface area contributed by atoms with E-state index in [2.05, 4.69) is 37.3 Å². The lowest BCUT2D eigenvalue weighted by Crippen LogP contribution is -2.06. The van der Waals surface area contributed by atoms with Crippen molar-refractivity contribution in [3.63, 3.8) is 0 Å². The van der Waals surface area contributed by atoms with Gasteiger partial charge in [0.05, 0.1) is 14.4 Å². The first-order valence-corrected chi connectivity index (χ1v) is 6.27. The average molecular weight is 286 g/mol. The minimum absolute atomic E-state index is 0.811. The van der Waals surface area contributed by atoms with Crippen molar-refractivity contribution in [1.82, 2.24) is 15.3 Å². The molecule has 0 bridgehead atoms. The van der Waals surface area contributed by atoms with Gasteiger partial charge in [-0.15, -0.1) is 11.3 Å². The third kappa shape index (κ3) is 2.30. The van der Waals surface area contributed by atoms with Crippen LogP contribution in [0.25, 0.3) is 10.6 Å². The SMILES string of the molecule is CNCc1[nH]c(C)nc1-c1ccc(Br)s1. The molecular formula is C10H12BrN3S. The monoisotopic (exact) mass is 285 g/mol. The molecule has 0 aliphatic rings. The molecule has 0 saturated heterocycles. The highest BCUT2D eigenvalue weighted by molar-refractivity contribution is 9.11. The molecule has 2 aromatic rings. The van der Waals surface area contributed by atoms with Crippen LogP contribution in [0.15, 0.2) is 15.9 Å². The minimum Gasteiger partial charge on any atom is -0.344 e. The smallest absolute Gasteiger partial charge is 0.103 e. The molecule has 0 aliphatic carbocycles. The minimum atomic E-state index is 0.811. The van der Waals surface area contributed by atoms with E-state index < -0.39 is 0 Å². The molecule has 5 heteroatoms. The summed E-state index contributed by atoms with van der Waals surface area (Å²) in [4.78, 5) is 8.97. The molecular weight excluding hydrogens is 274 g/mol. The summed E-state index contributed by atoms with van der Waals surface area (Å²) in [5.74, 6) is 0.958. The number of H-pyrrole nitrogens is 1. The van der Waals surface area contributed by atoms with Gasteiger partial charge in [0.2, 0.25) is 0 Å². The number of aryl methyl sites for hydroxylation is 1. The van der Waals surface area contributed by atoms with Crippen molar-refractivity contribution >= 4 is 27.3 Å². The van der Waals surface area contributed by atoms with Crippen LogP contribution in [0.1, 0.15) is 11.5 Å². The van der Waals surface area contributed by atoms with Gasteiger partial charge in [-0.25, -0.2) is 4.98 Å². The highest BCUT2D eigenvalue weighted by Gasteiger charge is 2.11. The molecule has 0 radical (unpaired) electrons. The number of aromatic amines is 1. The summed E-state index contributed by atoms with van der Waals surface area (Å²) < 4.78 is 1.13. The van der Waals surface area contributed by atoms with Gasteiger partial charge in [0.25, 0.3) is 0 Å². The van der Waals surface area contributed by atoms with Crippen molar-refractivity contribution in [2.75, 3.05) is 7.05 Å². The van der Waals surface area contributed by atoms with Crippen molar-refractivity contribution in [3.05, 3.63) is 27.4 Å². The van der Waals surface area contributed by atoms with E-state index in [-0.39, 0.29) is 0 Å². The number of halogens is 1. The zero-order valence-electron chi connectivity index (χ0n) is 8.60. The number of hydrogen-bond donors (Lipinski definition) is 2. The van der Waals surface area contributed by atoms with Crippen molar-refractivity contribution in [1.29, 1.82) is 0 Å². The number of aromatic nitrogens is 2. The van der Waals surface area contributed by atoms with Gasteiger partial charge >= 0.3 is 0 Å². The van der Waals surface area contributed by atoms with Crippen molar-refractivity contribution < 1.29 is 0 Å². The Kier molecular flexibility index (Phi) is 3.23. The van der Waals surface area contributed by atoms with Gasteiger partial charge in [0.15, 0.2) is 0 Å². The van der Waals surface area contributed by atoms with E-state index in [0.29, 0.717) is 0 Å². The van der Waals surface area contributed by atoms with E-state index in [4.69, 9.17) is 0 Å². The molecule has 2 rings (SSSR count). The Morgan fingerprint density at radius 2 is 2.33 bits per heavy atom. The first kappa shape index (κ1) is 10.9. The number of nitrogens with one attached hydrogen (secondary N) is 2. The van der Waals surface area contributed by atoms with Crippen LogP contribution in [-0.4, -0.2) is 17.0 Å². The van der Waals surface area contributed by atoms with Crippen molar-refractivity contribution in [2.24, 2.45) is 0 Å². The summed E-state index contributed by atoms with van der Waals surface area (Å²) in [5.41, 5.74) is 2.20. The molecule has 2 N–H and O–H groups in total. The summed E-state index contributed by atoms with van der Waals surface area (Å²) in [6, 6.07) is 4.14. The fourth-order valence-corrected chi connectivity index (χ4v) is 2.89. The molecule has 3 nitrogen and oxygen atoms in total. The second-order valence-electron chi connectivity index (χ2n) is 3.28. The van der Waals surface area contributed by atoms with Crippen LogP contribution in [0.4, 0.5) is 0 Å². The van der Waals surface area contributed by atoms with Crippen molar-refractivity contribution in [3.8, 4) is 10.6 Å². The Bertz CT molecular complexity index is 461. The topological polar surface area (TPSA) is 40.7 Å². The molecule has 0 aliphatic heterocycles. The third-order valence-electron chi connectivity index (χ3n) is 2.06. The Morgan fingerprint density at radius 3 is 2.93 bits per heavy atom. The van der Waals surface area contributed by atoms with Gasteiger partial charge in [-0.2, -0.15) is 0 Å². The maximum atomic E-state index is 4.51. The Balaban J connectivity index is 2.42. The fourth-order valence-electron chi connectivity index (χ4n) is 1.49. The number of imidazole rings is 1. The van der Waals surface area contributed by atoms with Crippen LogP contribution >= 0.6 is 27.3 Å². The third-order valence-corrected chi connectivity index (χ3v) is 3.69. The van der Waals surface area contributed by atoms with Crippen LogP contribution in [0, 0.1) is 6.92 Å². The maximum Gasteiger partial charge on any atom is 0.103 e. The summed E-state index contributed by atoms with van der Waals surface area (Å²) in [7, 11) is 1.93. The summed E-state index contributed by atoms with van der Waals surface area (Å²) in [5, 5.41) is 3.14. The quantitative estimate of drug-likeness (QED) is 0.910. The van der Waals surface area contributed by atoms with Crippen LogP contribution in [0.2, 0.25) is 0 Å². The normalized spacial score (nSPS) is 10.9. The molecule has 80 valence electrons. The Labute approximate surface area is 101 Å². The molecule has 2 aromatic heterocycles. The van der Waals surface area contributed by atoms with E-state index in [9.17, 15) is 0 Å². The number of thiophene rings is 1. The number of nitrogens with zero attached hydrogens (tertiary/aromatic N) is 1. The first-order valence-electron chi connectivity index (χ1n) is 4.66. The molecule has 0 amide bonds. The summed E-state index contributed by atoms with van der Waals surface area (Å²) in [6.45, 7) is 2.79. The highest BCUT2D eigenvalue weighted by atomic mass is 79.9. The number of hydrogen-bond acceptors (Lipinski definition) is 3. The summed E-state index contributed by atoms with van der Waals surface area (Å²) in [6.07, 6.45) is 0. The molecule has 0 fully saturated rings. The molecule has 0 spiro atoms. The molecule has 0 atom stereocenters. The van der Waals surface area contributed by atoms with Gasteiger partial charge in [-0.1, -0.05) is 0 Å². The molecule has 0 unspecified atom stereocenters. The zero-order chi connectivity index (χ0) is 10.8. The predicted molar refractivity (Wildman–Crippen MR) is 67.1 cm³/mol. The second-order valence-corrected chi connectivity index (χ2v) is 5.75. The van der Waals surface area contributed by atoms with E-state index in [1.54, 1.807) is 11.3 Å². The van der Waals surface area contributed by atoms with E-state index in [0.717, 1.165) is 27.5 Å². The lowest BCUT2D eigenvalue weighted by atomic mass is 10.3. The Morgan fingerprint density at radius 1 is 1.53 bits per heavy atom. The van der Waals surface area contributed by atoms with Gasteiger partial charge in [-0.05, 0) is 42.0 Å². The lowest BCUT2D eigenvalue weighted by Gasteiger charge is -1.98. The standard InChI is InChI=1S/C10H12BrN3S/c1-6-13-7(5-12-2)10(14-6)8-3-4-9(11)15-8/h3-4,12H,5H2,1-2H3,(H,13,14). The molecule has 2 heterocycles. The van der Waals surface area contributed by atoms with Gasteiger partial charge in [-0.3, -0.25) is 0 Å². The van der Waals surface area contributed by atoms with Crippen LogP contribution < -0.4 is 5.32 Å². The van der Waals surface area contributed by atoms with Gasteiger partial charge in [0, 0.05) is 6.54 Å². The van der Waals surface area contributed by atoms with Gasteiger partial charge in [0.1, 0.15) is 11.5 Å². The van der Waals surface area contributed by atoms with E-state index >= 15 is 0 Å².